The summed E-state index contributed by atoms with van der Waals surface area (Å²) in [5, 5.41) is 2.57. The number of esters is 1. The molecular weight excluding hydrogens is 290 g/mol. The van der Waals surface area contributed by atoms with Gasteiger partial charge in [-0.2, -0.15) is 0 Å². The van der Waals surface area contributed by atoms with E-state index in [1.54, 1.807) is 30.3 Å². The molecule has 0 unspecified atom stereocenters. The molecule has 116 valence electrons. The molecule has 4 heteroatoms. The van der Waals surface area contributed by atoms with Crippen molar-refractivity contribution in [1.29, 1.82) is 0 Å². The summed E-state index contributed by atoms with van der Waals surface area (Å²) in [5.41, 5.74) is 1.53. The number of benzene rings is 2. The molecular formula is C19H17NO3. The van der Waals surface area contributed by atoms with E-state index < -0.39 is 5.97 Å². The highest BCUT2D eigenvalue weighted by atomic mass is 16.5. The molecule has 2 rings (SSSR count). The minimum Gasteiger partial charge on any atom is -0.464 e. The summed E-state index contributed by atoms with van der Waals surface area (Å²) in [6.45, 7) is 0. The number of methoxy groups -OCH3 is 1. The van der Waals surface area contributed by atoms with Crippen molar-refractivity contribution >= 4 is 18.0 Å². The van der Waals surface area contributed by atoms with Crippen LogP contribution in [0, 0.1) is 0 Å². The van der Waals surface area contributed by atoms with Crippen LogP contribution in [0.1, 0.15) is 15.9 Å². The lowest BCUT2D eigenvalue weighted by atomic mass is 10.2. The molecule has 0 aliphatic carbocycles. The third kappa shape index (κ3) is 4.97. The fraction of sp³-hybridized carbons (Fsp3) is 0.0526. The number of hydrogen-bond acceptors (Lipinski definition) is 3. The van der Waals surface area contributed by atoms with Gasteiger partial charge in [0, 0.05) is 5.56 Å². The van der Waals surface area contributed by atoms with E-state index in [0.29, 0.717) is 5.56 Å². The van der Waals surface area contributed by atoms with Crippen LogP contribution < -0.4 is 5.32 Å². The third-order valence-electron chi connectivity index (χ3n) is 3.04. The Balaban J connectivity index is 2.14. The van der Waals surface area contributed by atoms with Gasteiger partial charge in [-0.15, -0.1) is 0 Å². The molecule has 4 nitrogen and oxygen atoms in total. The van der Waals surface area contributed by atoms with Crippen molar-refractivity contribution in [2.24, 2.45) is 0 Å². The van der Waals surface area contributed by atoms with Gasteiger partial charge in [-0.3, -0.25) is 4.79 Å². The zero-order chi connectivity index (χ0) is 16.5. The Labute approximate surface area is 135 Å². The van der Waals surface area contributed by atoms with Crippen molar-refractivity contribution in [2.45, 2.75) is 0 Å². The van der Waals surface area contributed by atoms with Crippen molar-refractivity contribution in [3.05, 3.63) is 89.6 Å². The molecule has 0 heterocycles. The van der Waals surface area contributed by atoms with Gasteiger partial charge in [0.05, 0.1) is 7.11 Å². The summed E-state index contributed by atoms with van der Waals surface area (Å²) >= 11 is 0. The molecule has 2 aromatic rings. The lowest BCUT2D eigenvalue weighted by Crippen LogP contribution is -2.28. The number of amides is 1. The molecule has 0 aliphatic heterocycles. The average Bonchev–Trinajstić information content (AvgIpc) is 2.61. The molecule has 0 bridgehead atoms. The lowest BCUT2D eigenvalue weighted by molar-refractivity contribution is -0.136. The first-order chi connectivity index (χ1) is 11.2. The Kier molecular flexibility index (Phi) is 5.89. The van der Waals surface area contributed by atoms with Crippen molar-refractivity contribution in [3.63, 3.8) is 0 Å². The average molecular weight is 307 g/mol. The van der Waals surface area contributed by atoms with Crippen molar-refractivity contribution in [2.75, 3.05) is 7.11 Å². The van der Waals surface area contributed by atoms with Crippen LogP contribution in [0.5, 0.6) is 0 Å². The molecule has 0 spiro atoms. The predicted octanol–water partition coefficient (Wildman–Crippen LogP) is 3.19. The van der Waals surface area contributed by atoms with Gasteiger partial charge in [-0.05, 0) is 23.8 Å². The van der Waals surface area contributed by atoms with E-state index >= 15 is 0 Å². The molecule has 1 amide bonds. The van der Waals surface area contributed by atoms with E-state index in [2.05, 4.69) is 5.32 Å². The lowest BCUT2D eigenvalue weighted by Gasteiger charge is -2.07. The van der Waals surface area contributed by atoms with E-state index in [1.165, 1.54) is 13.2 Å². The predicted molar refractivity (Wildman–Crippen MR) is 89.5 cm³/mol. The second-order valence-corrected chi connectivity index (χ2v) is 4.66. The van der Waals surface area contributed by atoms with Gasteiger partial charge in [0.15, 0.2) is 0 Å². The Morgan fingerprint density at radius 2 is 1.57 bits per heavy atom. The fourth-order valence-electron chi connectivity index (χ4n) is 1.87. The van der Waals surface area contributed by atoms with Crippen molar-refractivity contribution in [1.82, 2.24) is 5.32 Å². The number of nitrogens with one attached hydrogen (secondary N) is 1. The number of ether oxygens (including phenoxy) is 1. The van der Waals surface area contributed by atoms with Crippen molar-refractivity contribution in [3.8, 4) is 0 Å². The van der Waals surface area contributed by atoms with E-state index in [1.807, 2.05) is 42.5 Å². The topological polar surface area (TPSA) is 55.4 Å². The highest BCUT2D eigenvalue weighted by Gasteiger charge is 2.13. The molecule has 0 saturated heterocycles. The monoisotopic (exact) mass is 307 g/mol. The Morgan fingerprint density at radius 3 is 2.17 bits per heavy atom. The van der Waals surface area contributed by atoms with Crippen LogP contribution in [0.2, 0.25) is 0 Å². The summed E-state index contributed by atoms with van der Waals surface area (Å²) < 4.78 is 4.70. The van der Waals surface area contributed by atoms with Crippen LogP contribution >= 0.6 is 0 Å². The molecule has 0 saturated carbocycles. The fourth-order valence-corrected chi connectivity index (χ4v) is 1.87. The van der Waals surface area contributed by atoms with E-state index in [9.17, 15) is 9.59 Å². The zero-order valence-corrected chi connectivity index (χ0v) is 12.7. The second-order valence-electron chi connectivity index (χ2n) is 4.66. The number of rotatable bonds is 5. The second kappa shape index (κ2) is 8.34. The number of carbonyl (C=O) groups excluding carboxylic acids is 2. The largest absolute Gasteiger partial charge is 0.464 e. The maximum absolute atomic E-state index is 12.1. The van der Waals surface area contributed by atoms with Crippen LogP contribution in [0.4, 0.5) is 0 Å². The first-order valence-corrected chi connectivity index (χ1v) is 7.09. The van der Waals surface area contributed by atoms with Crippen LogP contribution in [-0.4, -0.2) is 19.0 Å². The van der Waals surface area contributed by atoms with Crippen LogP contribution in [0.3, 0.4) is 0 Å². The number of hydrogen-bond donors (Lipinski definition) is 1. The molecule has 0 radical (unpaired) electrons. The first kappa shape index (κ1) is 16.2. The molecule has 23 heavy (non-hydrogen) atoms. The summed E-state index contributed by atoms with van der Waals surface area (Å²) in [4.78, 5) is 23.9. The molecule has 0 fully saturated rings. The molecule has 0 aliphatic rings. The van der Waals surface area contributed by atoms with Crippen LogP contribution in [0.15, 0.2) is 78.5 Å². The Morgan fingerprint density at radius 1 is 0.957 bits per heavy atom. The summed E-state index contributed by atoms with van der Waals surface area (Å²) in [6, 6.07) is 18.3. The summed E-state index contributed by atoms with van der Waals surface area (Å²) in [5.74, 6) is -0.970. The van der Waals surface area contributed by atoms with Crippen LogP contribution in [0.25, 0.3) is 6.08 Å². The zero-order valence-electron chi connectivity index (χ0n) is 12.7. The smallest absolute Gasteiger partial charge is 0.354 e. The molecule has 0 aromatic heterocycles. The third-order valence-corrected chi connectivity index (χ3v) is 3.04. The highest BCUT2D eigenvalue weighted by Crippen LogP contribution is 2.04. The minimum atomic E-state index is -0.605. The normalized spacial score (nSPS) is 11.3. The molecule has 2 aromatic carbocycles. The number of allylic oxidation sites excluding steroid dienone is 2. The summed E-state index contributed by atoms with van der Waals surface area (Å²) in [7, 11) is 1.27. The van der Waals surface area contributed by atoms with Gasteiger partial charge in [0.25, 0.3) is 5.91 Å². The van der Waals surface area contributed by atoms with E-state index in [4.69, 9.17) is 4.74 Å². The Hall–Kier alpha value is -3.14. The highest BCUT2D eigenvalue weighted by molar-refractivity contribution is 6.01. The van der Waals surface area contributed by atoms with Gasteiger partial charge in [0.2, 0.25) is 0 Å². The number of carbonyl (C=O) groups is 2. The minimum absolute atomic E-state index is 0.0773. The van der Waals surface area contributed by atoms with Gasteiger partial charge in [0.1, 0.15) is 5.70 Å². The van der Waals surface area contributed by atoms with Gasteiger partial charge >= 0.3 is 5.97 Å². The maximum atomic E-state index is 12.1. The summed E-state index contributed by atoms with van der Waals surface area (Å²) in [6.07, 6.45) is 5.03. The van der Waals surface area contributed by atoms with Gasteiger partial charge in [-0.1, -0.05) is 60.7 Å². The SMILES string of the molecule is COC(=O)/C(=C/C=C/c1ccccc1)NC(=O)c1ccccc1. The molecule has 0 atom stereocenters. The first-order valence-electron chi connectivity index (χ1n) is 7.09. The standard InChI is InChI=1S/C19H17NO3/c1-23-19(22)17(14-8-11-15-9-4-2-5-10-15)20-18(21)16-12-6-3-7-13-16/h2-14H,1H3,(H,20,21)/b11-8+,17-14-. The quantitative estimate of drug-likeness (QED) is 0.524. The van der Waals surface area contributed by atoms with E-state index in [0.717, 1.165) is 5.56 Å². The molecule has 1 N–H and O–H groups in total. The maximum Gasteiger partial charge on any atom is 0.354 e. The Bertz CT molecular complexity index is 719. The van der Waals surface area contributed by atoms with E-state index in [-0.39, 0.29) is 11.6 Å². The van der Waals surface area contributed by atoms with Crippen LogP contribution in [-0.2, 0) is 9.53 Å². The van der Waals surface area contributed by atoms with Crippen molar-refractivity contribution < 1.29 is 14.3 Å². The van der Waals surface area contributed by atoms with Gasteiger partial charge in [-0.25, -0.2) is 4.79 Å². The van der Waals surface area contributed by atoms with Gasteiger partial charge < -0.3 is 10.1 Å².